The number of hydrogen-bond donors (Lipinski definition) is 2. The number of piperidine rings is 1. The Balaban J connectivity index is 1.25. The summed E-state index contributed by atoms with van der Waals surface area (Å²) in [6, 6.07) is 13.4. The zero-order valence-electron chi connectivity index (χ0n) is 18.4. The van der Waals surface area contributed by atoms with Crippen molar-refractivity contribution in [1.29, 1.82) is 0 Å². The topological polar surface area (TPSA) is 87.3 Å². The van der Waals surface area contributed by atoms with Crippen LogP contribution in [-0.2, 0) is 11.0 Å². The van der Waals surface area contributed by atoms with E-state index < -0.39 is 29.6 Å². The number of alkyl halides is 3. The van der Waals surface area contributed by atoms with Crippen molar-refractivity contribution in [1.82, 2.24) is 20.4 Å². The van der Waals surface area contributed by atoms with Crippen molar-refractivity contribution >= 4 is 11.8 Å². The number of carbonyl (C=O) groups is 2. The first-order valence-electron chi connectivity index (χ1n) is 10.9. The SMILES string of the molecule is O=C(NCC(=O)N1CCC(Oc2ccc(F)c(C(F)(F)F)c2)CC1)c1cc(-c2ccccc2)n[nH]1. The van der Waals surface area contributed by atoms with Crippen LogP contribution < -0.4 is 10.1 Å². The highest BCUT2D eigenvalue weighted by Gasteiger charge is 2.35. The van der Waals surface area contributed by atoms with Crippen molar-refractivity contribution in [2.24, 2.45) is 0 Å². The van der Waals surface area contributed by atoms with Gasteiger partial charge in [-0.25, -0.2) is 4.39 Å². The van der Waals surface area contributed by atoms with Gasteiger partial charge in [-0.15, -0.1) is 0 Å². The molecule has 7 nitrogen and oxygen atoms in total. The first kappa shape index (κ1) is 24.2. The number of nitrogens with zero attached hydrogens (tertiary/aromatic N) is 2. The molecule has 0 aliphatic carbocycles. The number of benzene rings is 2. The van der Waals surface area contributed by atoms with Crippen molar-refractivity contribution in [3.8, 4) is 17.0 Å². The molecule has 3 aromatic rings. The summed E-state index contributed by atoms with van der Waals surface area (Å²) in [5, 5.41) is 9.33. The number of likely N-dealkylation sites (tertiary alicyclic amines) is 1. The van der Waals surface area contributed by atoms with Crippen LogP contribution in [0.25, 0.3) is 11.3 Å². The maximum absolute atomic E-state index is 13.4. The summed E-state index contributed by atoms with van der Waals surface area (Å²) >= 11 is 0. The van der Waals surface area contributed by atoms with Crippen LogP contribution in [0.5, 0.6) is 5.75 Å². The predicted octanol–water partition coefficient (Wildman–Crippen LogP) is 4.03. The molecule has 35 heavy (non-hydrogen) atoms. The molecule has 1 saturated heterocycles. The minimum atomic E-state index is -4.82. The molecule has 2 aromatic carbocycles. The molecule has 0 spiro atoms. The summed E-state index contributed by atoms with van der Waals surface area (Å²) in [5.41, 5.74) is 0.291. The van der Waals surface area contributed by atoms with Gasteiger partial charge in [-0.05, 0) is 24.3 Å². The number of ether oxygens (including phenoxy) is 1. The minimum absolute atomic E-state index is 0.0785. The van der Waals surface area contributed by atoms with E-state index in [1.54, 1.807) is 11.0 Å². The summed E-state index contributed by atoms with van der Waals surface area (Å²) in [4.78, 5) is 26.4. The van der Waals surface area contributed by atoms with Gasteiger partial charge in [-0.3, -0.25) is 14.7 Å². The summed E-state index contributed by atoms with van der Waals surface area (Å²) < 4.78 is 57.7. The molecule has 0 bridgehead atoms. The molecule has 4 rings (SSSR count). The number of aromatic amines is 1. The Morgan fingerprint density at radius 3 is 2.49 bits per heavy atom. The number of H-pyrrole nitrogens is 1. The summed E-state index contributed by atoms with van der Waals surface area (Å²) in [6.07, 6.45) is -4.46. The lowest BCUT2D eigenvalue weighted by Crippen LogP contribution is -2.46. The van der Waals surface area contributed by atoms with Crippen molar-refractivity contribution in [3.05, 3.63) is 71.7 Å². The Morgan fingerprint density at radius 1 is 1.09 bits per heavy atom. The van der Waals surface area contributed by atoms with E-state index in [2.05, 4.69) is 15.5 Å². The van der Waals surface area contributed by atoms with Gasteiger partial charge in [0.05, 0.1) is 17.8 Å². The van der Waals surface area contributed by atoms with E-state index in [1.807, 2.05) is 30.3 Å². The normalized spacial score (nSPS) is 14.6. The molecule has 1 aliphatic rings. The van der Waals surface area contributed by atoms with Gasteiger partial charge in [-0.1, -0.05) is 30.3 Å². The van der Waals surface area contributed by atoms with Crippen LogP contribution in [0.1, 0.15) is 28.9 Å². The average molecular weight is 490 g/mol. The van der Waals surface area contributed by atoms with Crippen LogP contribution >= 0.6 is 0 Å². The van der Waals surface area contributed by atoms with Crippen molar-refractivity contribution in [3.63, 3.8) is 0 Å². The molecule has 2 amide bonds. The summed E-state index contributed by atoms with van der Waals surface area (Å²) in [5.74, 6) is -2.20. The van der Waals surface area contributed by atoms with E-state index >= 15 is 0 Å². The number of carbonyl (C=O) groups excluding carboxylic acids is 2. The smallest absolute Gasteiger partial charge is 0.419 e. The number of hydrogen-bond acceptors (Lipinski definition) is 4. The Bertz CT molecular complexity index is 1190. The lowest BCUT2D eigenvalue weighted by molar-refractivity contribution is -0.140. The largest absolute Gasteiger partial charge is 0.490 e. The highest BCUT2D eigenvalue weighted by molar-refractivity contribution is 5.95. The van der Waals surface area contributed by atoms with Crippen LogP contribution in [0.4, 0.5) is 17.6 Å². The van der Waals surface area contributed by atoms with Gasteiger partial charge in [0.25, 0.3) is 5.91 Å². The van der Waals surface area contributed by atoms with E-state index in [9.17, 15) is 27.2 Å². The zero-order valence-corrected chi connectivity index (χ0v) is 18.4. The highest BCUT2D eigenvalue weighted by Crippen LogP contribution is 2.34. The lowest BCUT2D eigenvalue weighted by atomic mass is 10.1. The van der Waals surface area contributed by atoms with E-state index in [4.69, 9.17) is 4.74 Å². The summed E-state index contributed by atoms with van der Waals surface area (Å²) in [7, 11) is 0. The number of aromatic nitrogens is 2. The molecule has 0 saturated carbocycles. The Kier molecular flexibility index (Phi) is 7.04. The molecule has 1 fully saturated rings. The zero-order chi connectivity index (χ0) is 25.0. The molecular weight excluding hydrogens is 468 g/mol. The van der Waals surface area contributed by atoms with Crippen LogP contribution in [0.2, 0.25) is 0 Å². The fourth-order valence-electron chi connectivity index (χ4n) is 3.77. The molecular formula is C24H22F4N4O3. The van der Waals surface area contributed by atoms with Crippen molar-refractivity contribution in [2.75, 3.05) is 19.6 Å². The highest BCUT2D eigenvalue weighted by atomic mass is 19.4. The van der Waals surface area contributed by atoms with Crippen molar-refractivity contribution < 1.29 is 31.9 Å². The van der Waals surface area contributed by atoms with E-state index in [0.29, 0.717) is 37.7 Å². The number of amides is 2. The van der Waals surface area contributed by atoms with Gasteiger partial charge >= 0.3 is 6.18 Å². The average Bonchev–Trinajstić information content (AvgIpc) is 3.34. The monoisotopic (exact) mass is 490 g/mol. The van der Waals surface area contributed by atoms with Crippen LogP contribution in [0.15, 0.2) is 54.6 Å². The third-order valence-electron chi connectivity index (χ3n) is 5.63. The van der Waals surface area contributed by atoms with Gasteiger partial charge in [0, 0.05) is 31.5 Å². The third-order valence-corrected chi connectivity index (χ3v) is 5.63. The van der Waals surface area contributed by atoms with Crippen LogP contribution in [0, 0.1) is 5.82 Å². The predicted molar refractivity (Wildman–Crippen MR) is 118 cm³/mol. The second-order valence-corrected chi connectivity index (χ2v) is 8.05. The number of halogens is 4. The second-order valence-electron chi connectivity index (χ2n) is 8.05. The maximum atomic E-state index is 13.4. The van der Waals surface area contributed by atoms with Crippen LogP contribution in [-0.4, -0.2) is 52.6 Å². The van der Waals surface area contributed by atoms with E-state index in [0.717, 1.165) is 17.7 Å². The van der Waals surface area contributed by atoms with Gasteiger partial charge in [-0.2, -0.15) is 18.3 Å². The van der Waals surface area contributed by atoms with E-state index in [1.165, 1.54) is 0 Å². The molecule has 11 heteroatoms. The third kappa shape index (κ3) is 5.97. The van der Waals surface area contributed by atoms with Crippen LogP contribution in [0.3, 0.4) is 0 Å². The van der Waals surface area contributed by atoms with E-state index in [-0.39, 0.29) is 23.9 Å². The first-order valence-corrected chi connectivity index (χ1v) is 10.9. The molecule has 184 valence electrons. The second kappa shape index (κ2) is 10.2. The Labute approximate surface area is 198 Å². The molecule has 1 aromatic heterocycles. The van der Waals surface area contributed by atoms with Gasteiger partial charge in [0.1, 0.15) is 23.4 Å². The molecule has 2 heterocycles. The fourth-order valence-corrected chi connectivity index (χ4v) is 3.77. The van der Waals surface area contributed by atoms with Crippen molar-refractivity contribution in [2.45, 2.75) is 25.1 Å². The summed E-state index contributed by atoms with van der Waals surface area (Å²) in [6.45, 7) is 0.417. The minimum Gasteiger partial charge on any atom is -0.490 e. The van der Waals surface area contributed by atoms with Gasteiger partial charge in [0.2, 0.25) is 5.91 Å². The Morgan fingerprint density at radius 2 is 1.80 bits per heavy atom. The standard InChI is InChI=1S/C24H22F4N4O3/c25-19-7-6-17(12-18(19)24(26,27)28)35-16-8-10-32(11-9-16)22(33)14-29-23(34)21-13-20(30-31-21)15-4-2-1-3-5-15/h1-7,12-13,16H,8-11,14H2,(H,29,34)(H,30,31). The van der Waals surface area contributed by atoms with Gasteiger partial charge in [0.15, 0.2) is 0 Å². The van der Waals surface area contributed by atoms with Gasteiger partial charge < -0.3 is 15.0 Å². The maximum Gasteiger partial charge on any atom is 0.419 e. The molecule has 0 atom stereocenters. The fraction of sp³-hybridized carbons (Fsp3) is 0.292. The number of rotatable bonds is 6. The molecule has 0 unspecified atom stereocenters. The quantitative estimate of drug-likeness (QED) is 0.511. The first-order chi connectivity index (χ1) is 16.7. The number of nitrogens with one attached hydrogen (secondary N) is 2. The lowest BCUT2D eigenvalue weighted by Gasteiger charge is -2.32. The molecule has 0 radical (unpaired) electrons. The Hall–Kier alpha value is -3.89. The molecule has 1 aliphatic heterocycles. The molecule has 2 N–H and O–H groups in total.